The minimum absolute atomic E-state index is 0.171. The minimum atomic E-state index is -0.648. The first-order valence-corrected chi connectivity index (χ1v) is 8.57. The summed E-state index contributed by atoms with van der Waals surface area (Å²) in [4.78, 5) is 35.1. The molecule has 0 aliphatic heterocycles. The normalized spacial score (nSPS) is 14.0. The Bertz CT molecular complexity index is 686. The van der Waals surface area contributed by atoms with Gasteiger partial charge in [-0.1, -0.05) is 6.08 Å². The average molecular weight is 359 g/mol. The Morgan fingerprint density at radius 2 is 1.65 bits per heavy atom. The fraction of sp³-hybridized carbons (Fsp3) is 0.421. The summed E-state index contributed by atoms with van der Waals surface area (Å²) >= 11 is 0. The number of carbonyl (C=O) groups excluding carboxylic acids is 3. The molecule has 0 aromatic heterocycles. The Morgan fingerprint density at radius 3 is 2.19 bits per heavy atom. The van der Waals surface area contributed by atoms with Gasteiger partial charge >= 0.3 is 6.09 Å². The van der Waals surface area contributed by atoms with Crippen molar-refractivity contribution < 1.29 is 19.1 Å². The van der Waals surface area contributed by atoms with Crippen molar-refractivity contribution >= 4 is 29.3 Å². The highest BCUT2D eigenvalue weighted by Gasteiger charge is 2.18. The molecule has 7 nitrogen and oxygen atoms in total. The molecule has 7 heteroatoms. The second-order valence-corrected chi connectivity index (χ2v) is 7.17. The van der Waals surface area contributed by atoms with Gasteiger partial charge < -0.3 is 20.7 Å². The third-order valence-electron chi connectivity index (χ3n) is 3.37. The predicted octanol–water partition coefficient (Wildman–Crippen LogP) is 3.05. The lowest BCUT2D eigenvalue weighted by Crippen LogP contribution is -2.37. The molecule has 3 N–H and O–H groups in total. The van der Waals surface area contributed by atoms with Gasteiger partial charge in [0.2, 0.25) is 11.8 Å². The van der Waals surface area contributed by atoms with Gasteiger partial charge in [0.05, 0.1) is 0 Å². The third kappa shape index (κ3) is 7.83. The van der Waals surface area contributed by atoms with Crippen molar-refractivity contribution in [2.24, 2.45) is 5.92 Å². The molecule has 0 heterocycles. The van der Waals surface area contributed by atoms with E-state index in [9.17, 15) is 14.4 Å². The lowest BCUT2D eigenvalue weighted by Gasteiger charge is -2.19. The summed E-state index contributed by atoms with van der Waals surface area (Å²) in [6.07, 6.45) is 5.13. The van der Waals surface area contributed by atoms with E-state index in [4.69, 9.17) is 4.74 Å². The number of hydrogen-bond donors (Lipinski definition) is 3. The van der Waals surface area contributed by atoms with Crippen molar-refractivity contribution in [3.63, 3.8) is 0 Å². The largest absolute Gasteiger partial charge is 0.444 e. The third-order valence-corrected chi connectivity index (χ3v) is 3.37. The van der Waals surface area contributed by atoms with Crippen molar-refractivity contribution in [1.82, 2.24) is 5.32 Å². The topological polar surface area (TPSA) is 96.5 Å². The molecule has 3 amide bonds. The van der Waals surface area contributed by atoms with Crippen LogP contribution in [0.25, 0.3) is 0 Å². The highest BCUT2D eigenvalue weighted by Crippen LogP contribution is 2.29. The van der Waals surface area contributed by atoms with Crippen molar-refractivity contribution in [3.8, 4) is 0 Å². The van der Waals surface area contributed by atoms with Crippen LogP contribution in [0.15, 0.2) is 36.4 Å². The molecular weight excluding hydrogens is 334 g/mol. The van der Waals surface area contributed by atoms with Crippen LogP contribution in [-0.2, 0) is 14.3 Å². The zero-order chi connectivity index (χ0) is 19.2. The van der Waals surface area contributed by atoms with E-state index in [1.54, 1.807) is 51.1 Å². The van der Waals surface area contributed by atoms with Gasteiger partial charge in [0.15, 0.2) is 0 Å². The maximum absolute atomic E-state index is 11.8. The van der Waals surface area contributed by atoms with Crippen LogP contribution in [0.4, 0.5) is 16.2 Å². The monoisotopic (exact) mass is 359 g/mol. The number of allylic oxidation sites excluding steroid dienone is 1. The maximum Gasteiger partial charge on any atom is 0.408 e. The van der Waals surface area contributed by atoms with Gasteiger partial charge in [0, 0.05) is 11.4 Å². The number of anilines is 2. The molecule has 1 aromatic rings. The zero-order valence-electron chi connectivity index (χ0n) is 15.3. The molecule has 0 atom stereocenters. The lowest BCUT2D eigenvalue weighted by atomic mass is 10.2. The molecular formula is C19H25N3O4. The fourth-order valence-corrected chi connectivity index (χ4v) is 2.00. The number of benzene rings is 1. The highest BCUT2D eigenvalue weighted by atomic mass is 16.6. The molecule has 1 fully saturated rings. The van der Waals surface area contributed by atoms with E-state index in [1.807, 2.05) is 6.08 Å². The smallest absolute Gasteiger partial charge is 0.408 e. The van der Waals surface area contributed by atoms with E-state index in [2.05, 4.69) is 16.0 Å². The summed E-state index contributed by atoms with van der Waals surface area (Å²) in [6, 6.07) is 6.73. The van der Waals surface area contributed by atoms with Crippen LogP contribution >= 0.6 is 0 Å². The van der Waals surface area contributed by atoms with Crippen molar-refractivity contribution in [2.45, 2.75) is 39.2 Å². The van der Waals surface area contributed by atoms with Crippen LogP contribution in [0.2, 0.25) is 0 Å². The number of amides is 3. The summed E-state index contributed by atoms with van der Waals surface area (Å²) in [5.41, 5.74) is 0.585. The van der Waals surface area contributed by atoms with Gasteiger partial charge in [0.25, 0.3) is 0 Å². The first-order valence-electron chi connectivity index (χ1n) is 8.57. The minimum Gasteiger partial charge on any atom is -0.444 e. The second-order valence-electron chi connectivity index (χ2n) is 7.17. The van der Waals surface area contributed by atoms with E-state index < -0.39 is 11.7 Å². The predicted molar refractivity (Wildman–Crippen MR) is 99.8 cm³/mol. The molecule has 140 valence electrons. The molecule has 0 spiro atoms. The Morgan fingerprint density at radius 1 is 1.08 bits per heavy atom. The van der Waals surface area contributed by atoms with Crippen LogP contribution in [0.3, 0.4) is 0 Å². The highest BCUT2D eigenvalue weighted by molar-refractivity contribution is 5.99. The van der Waals surface area contributed by atoms with Gasteiger partial charge in [-0.3, -0.25) is 9.59 Å². The van der Waals surface area contributed by atoms with Crippen molar-refractivity contribution in [2.75, 3.05) is 17.2 Å². The van der Waals surface area contributed by atoms with Crippen molar-refractivity contribution in [1.29, 1.82) is 0 Å². The quantitative estimate of drug-likeness (QED) is 0.680. The Kier molecular flexibility index (Phi) is 6.38. The van der Waals surface area contributed by atoms with Crippen molar-refractivity contribution in [3.05, 3.63) is 36.4 Å². The van der Waals surface area contributed by atoms with Crippen LogP contribution in [0.1, 0.15) is 33.6 Å². The van der Waals surface area contributed by atoms with E-state index in [1.165, 1.54) is 0 Å². The molecule has 0 saturated heterocycles. The van der Waals surface area contributed by atoms with Gasteiger partial charge in [-0.15, -0.1) is 0 Å². The van der Waals surface area contributed by atoms with Gasteiger partial charge in [-0.25, -0.2) is 4.79 Å². The summed E-state index contributed by atoms with van der Waals surface area (Å²) in [5.74, 6) is 0.00267. The van der Waals surface area contributed by atoms with E-state index in [0.29, 0.717) is 17.3 Å². The number of nitrogens with one attached hydrogen (secondary N) is 3. The van der Waals surface area contributed by atoms with E-state index >= 15 is 0 Å². The molecule has 1 aliphatic carbocycles. The average Bonchev–Trinajstić information content (AvgIpc) is 3.36. The Balaban J connectivity index is 1.74. The van der Waals surface area contributed by atoms with Gasteiger partial charge in [0.1, 0.15) is 12.1 Å². The summed E-state index contributed by atoms with van der Waals surface area (Å²) in [6.45, 7) is 5.04. The SMILES string of the molecule is CC(C)(C)OC(=O)NCC(=O)Nc1ccc(NC(=O)/C=C/C2CC2)cc1. The lowest BCUT2D eigenvalue weighted by molar-refractivity contribution is -0.115. The molecule has 0 unspecified atom stereocenters. The Labute approximate surface area is 153 Å². The first-order chi connectivity index (χ1) is 12.2. The summed E-state index contributed by atoms with van der Waals surface area (Å²) < 4.78 is 5.05. The van der Waals surface area contributed by atoms with Crippen LogP contribution in [0, 0.1) is 5.92 Å². The van der Waals surface area contributed by atoms with E-state index in [0.717, 1.165) is 12.8 Å². The van der Waals surface area contributed by atoms with Gasteiger partial charge in [-0.2, -0.15) is 0 Å². The van der Waals surface area contributed by atoms with E-state index in [-0.39, 0.29) is 18.4 Å². The molecule has 0 radical (unpaired) electrons. The second kappa shape index (κ2) is 8.51. The number of carbonyl (C=O) groups is 3. The molecule has 26 heavy (non-hydrogen) atoms. The number of rotatable bonds is 6. The maximum atomic E-state index is 11.8. The summed E-state index contributed by atoms with van der Waals surface area (Å²) in [7, 11) is 0. The van der Waals surface area contributed by atoms with Crippen LogP contribution in [0.5, 0.6) is 0 Å². The molecule has 1 saturated carbocycles. The van der Waals surface area contributed by atoms with Crippen LogP contribution in [-0.4, -0.2) is 30.1 Å². The molecule has 2 rings (SSSR count). The zero-order valence-corrected chi connectivity index (χ0v) is 15.3. The number of alkyl carbamates (subject to hydrolysis) is 1. The molecule has 1 aliphatic rings. The standard InChI is InChI=1S/C19H25N3O4/c1-19(2,3)26-18(25)20-12-17(24)22-15-9-7-14(8-10-15)21-16(23)11-6-13-4-5-13/h6-11,13H,4-5,12H2,1-3H3,(H,20,25)(H,21,23)(H,22,24)/b11-6+. The van der Waals surface area contributed by atoms with Crippen LogP contribution < -0.4 is 16.0 Å². The van der Waals surface area contributed by atoms with Gasteiger partial charge in [-0.05, 0) is 69.9 Å². The number of ether oxygens (including phenoxy) is 1. The summed E-state index contributed by atoms with van der Waals surface area (Å²) in [5, 5.41) is 7.80. The molecule has 1 aromatic carbocycles. The Hall–Kier alpha value is -2.83. The molecule has 0 bridgehead atoms. The first kappa shape index (κ1) is 19.5. The number of hydrogen-bond acceptors (Lipinski definition) is 4. The fourth-order valence-electron chi connectivity index (χ4n) is 2.00.